The number of hydrogen-bond acceptors (Lipinski definition) is 2. The first-order valence-electron chi connectivity index (χ1n) is 4.07. The van der Waals surface area contributed by atoms with E-state index in [9.17, 15) is 0 Å². The molecular formula is C9H15NO. The fourth-order valence-corrected chi connectivity index (χ4v) is 1.28. The predicted molar refractivity (Wildman–Crippen MR) is 45.0 cm³/mol. The van der Waals surface area contributed by atoms with Gasteiger partial charge in [0.1, 0.15) is 0 Å². The van der Waals surface area contributed by atoms with Crippen LogP contribution in [0.25, 0.3) is 0 Å². The zero-order chi connectivity index (χ0) is 8.10. The van der Waals surface area contributed by atoms with Gasteiger partial charge in [0.15, 0.2) is 0 Å². The highest BCUT2D eigenvalue weighted by atomic mass is 16.5. The topological polar surface area (TPSA) is 35.2 Å². The van der Waals surface area contributed by atoms with E-state index in [0.717, 1.165) is 26.1 Å². The molecule has 2 heteroatoms. The van der Waals surface area contributed by atoms with Crippen LogP contribution in [0.1, 0.15) is 19.8 Å². The van der Waals surface area contributed by atoms with E-state index in [2.05, 4.69) is 11.8 Å². The van der Waals surface area contributed by atoms with Gasteiger partial charge < -0.3 is 10.5 Å². The van der Waals surface area contributed by atoms with Crippen molar-refractivity contribution in [2.75, 3.05) is 13.2 Å². The van der Waals surface area contributed by atoms with Crippen LogP contribution < -0.4 is 5.73 Å². The quantitative estimate of drug-likeness (QED) is 0.594. The van der Waals surface area contributed by atoms with Crippen LogP contribution in [-0.2, 0) is 4.74 Å². The van der Waals surface area contributed by atoms with Crippen LogP contribution in [0, 0.1) is 17.8 Å². The summed E-state index contributed by atoms with van der Waals surface area (Å²) in [6.45, 7) is 3.54. The maximum atomic E-state index is 5.88. The maximum absolute atomic E-state index is 5.88. The Morgan fingerprint density at radius 2 is 2.55 bits per heavy atom. The number of rotatable bonds is 2. The Labute approximate surface area is 68.1 Å². The van der Waals surface area contributed by atoms with Crippen LogP contribution in [0.5, 0.6) is 0 Å². The van der Waals surface area contributed by atoms with E-state index in [4.69, 9.17) is 10.5 Å². The van der Waals surface area contributed by atoms with Crippen molar-refractivity contribution in [3.63, 3.8) is 0 Å². The number of nitrogens with two attached hydrogens (primary N) is 1. The molecule has 0 radical (unpaired) electrons. The summed E-state index contributed by atoms with van der Waals surface area (Å²) in [4.78, 5) is 0. The Morgan fingerprint density at radius 3 is 3.09 bits per heavy atom. The molecule has 1 heterocycles. The molecular weight excluding hydrogens is 138 g/mol. The second kappa shape index (κ2) is 4.38. The van der Waals surface area contributed by atoms with Gasteiger partial charge in [0, 0.05) is 25.0 Å². The molecule has 0 aliphatic carbocycles. The lowest BCUT2D eigenvalue weighted by atomic mass is 9.97. The molecule has 0 bridgehead atoms. The van der Waals surface area contributed by atoms with E-state index in [0.29, 0.717) is 5.92 Å². The van der Waals surface area contributed by atoms with Gasteiger partial charge in [0.25, 0.3) is 0 Å². The highest BCUT2D eigenvalue weighted by Gasteiger charge is 2.21. The molecule has 2 N–H and O–H groups in total. The average molecular weight is 153 g/mol. The van der Waals surface area contributed by atoms with Gasteiger partial charge in [-0.1, -0.05) is 0 Å². The van der Waals surface area contributed by atoms with Crippen molar-refractivity contribution in [1.29, 1.82) is 0 Å². The van der Waals surface area contributed by atoms with E-state index >= 15 is 0 Å². The SMILES string of the molecule is CC#CCC(N)C1CCOC1. The number of ether oxygens (including phenoxy) is 1. The smallest absolute Gasteiger partial charge is 0.0510 e. The molecule has 1 fully saturated rings. The Balaban J connectivity index is 2.26. The minimum Gasteiger partial charge on any atom is -0.381 e. The van der Waals surface area contributed by atoms with Crippen molar-refractivity contribution in [2.24, 2.45) is 11.7 Å². The van der Waals surface area contributed by atoms with Gasteiger partial charge in [-0.05, 0) is 13.3 Å². The third-order valence-corrected chi connectivity index (χ3v) is 2.08. The van der Waals surface area contributed by atoms with Crippen LogP contribution in [-0.4, -0.2) is 19.3 Å². The highest BCUT2D eigenvalue weighted by Crippen LogP contribution is 2.16. The lowest BCUT2D eigenvalue weighted by molar-refractivity contribution is 0.181. The van der Waals surface area contributed by atoms with Crippen LogP contribution in [0.3, 0.4) is 0 Å². The Bertz CT molecular complexity index is 162. The molecule has 0 spiro atoms. The van der Waals surface area contributed by atoms with Crippen molar-refractivity contribution >= 4 is 0 Å². The molecule has 0 saturated carbocycles. The average Bonchev–Trinajstić information content (AvgIpc) is 2.52. The highest BCUT2D eigenvalue weighted by molar-refractivity contribution is 4.99. The van der Waals surface area contributed by atoms with Crippen molar-refractivity contribution < 1.29 is 4.74 Å². The molecule has 11 heavy (non-hydrogen) atoms. The number of hydrogen-bond donors (Lipinski definition) is 1. The monoisotopic (exact) mass is 153 g/mol. The molecule has 0 aromatic carbocycles. The van der Waals surface area contributed by atoms with E-state index in [1.165, 1.54) is 0 Å². The molecule has 2 unspecified atom stereocenters. The largest absolute Gasteiger partial charge is 0.381 e. The van der Waals surface area contributed by atoms with Gasteiger partial charge in [0.2, 0.25) is 0 Å². The second-order valence-electron chi connectivity index (χ2n) is 2.92. The first-order valence-corrected chi connectivity index (χ1v) is 4.07. The fraction of sp³-hybridized carbons (Fsp3) is 0.778. The molecule has 0 aromatic heterocycles. The minimum absolute atomic E-state index is 0.213. The Kier molecular flexibility index (Phi) is 3.41. The third kappa shape index (κ3) is 2.53. The summed E-state index contributed by atoms with van der Waals surface area (Å²) in [5.74, 6) is 6.38. The zero-order valence-corrected chi connectivity index (χ0v) is 6.97. The Hall–Kier alpha value is -0.520. The lowest BCUT2D eigenvalue weighted by Gasteiger charge is -2.13. The molecule has 0 amide bonds. The minimum atomic E-state index is 0.213. The first-order chi connectivity index (χ1) is 5.34. The van der Waals surface area contributed by atoms with Crippen LogP contribution >= 0.6 is 0 Å². The van der Waals surface area contributed by atoms with E-state index < -0.39 is 0 Å². The third-order valence-electron chi connectivity index (χ3n) is 2.08. The molecule has 2 nitrogen and oxygen atoms in total. The van der Waals surface area contributed by atoms with Gasteiger partial charge in [-0.3, -0.25) is 0 Å². The molecule has 0 aromatic rings. The van der Waals surface area contributed by atoms with Gasteiger partial charge in [-0.25, -0.2) is 0 Å². The molecule has 1 aliphatic heterocycles. The first kappa shape index (κ1) is 8.58. The molecule has 2 atom stereocenters. The van der Waals surface area contributed by atoms with Gasteiger partial charge in [0.05, 0.1) is 6.61 Å². The summed E-state index contributed by atoms with van der Waals surface area (Å²) in [5, 5.41) is 0. The maximum Gasteiger partial charge on any atom is 0.0510 e. The molecule has 1 aliphatic rings. The molecule has 1 rings (SSSR count). The van der Waals surface area contributed by atoms with Crippen molar-refractivity contribution in [3.8, 4) is 11.8 Å². The summed E-state index contributed by atoms with van der Waals surface area (Å²) in [6, 6.07) is 0.213. The normalized spacial score (nSPS) is 25.8. The molecule has 62 valence electrons. The van der Waals surface area contributed by atoms with E-state index in [1.54, 1.807) is 0 Å². The van der Waals surface area contributed by atoms with Gasteiger partial charge in [-0.2, -0.15) is 0 Å². The fourth-order valence-electron chi connectivity index (χ4n) is 1.28. The lowest BCUT2D eigenvalue weighted by Crippen LogP contribution is -2.29. The van der Waals surface area contributed by atoms with Crippen molar-refractivity contribution in [1.82, 2.24) is 0 Å². The van der Waals surface area contributed by atoms with E-state index in [1.807, 2.05) is 6.92 Å². The van der Waals surface area contributed by atoms with Crippen LogP contribution in [0.4, 0.5) is 0 Å². The van der Waals surface area contributed by atoms with E-state index in [-0.39, 0.29) is 6.04 Å². The zero-order valence-electron chi connectivity index (χ0n) is 6.97. The Morgan fingerprint density at radius 1 is 1.73 bits per heavy atom. The van der Waals surface area contributed by atoms with Crippen molar-refractivity contribution in [2.45, 2.75) is 25.8 Å². The standard InChI is InChI=1S/C9H15NO/c1-2-3-4-9(10)8-5-6-11-7-8/h8-9H,4-7,10H2,1H3. The van der Waals surface area contributed by atoms with Crippen molar-refractivity contribution in [3.05, 3.63) is 0 Å². The van der Waals surface area contributed by atoms with Gasteiger partial charge >= 0.3 is 0 Å². The summed E-state index contributed by atoms with van der Waals surface area (Å²) < 4.78 is 5.23. The summed E-state index contributed by atoms with van der Waals surface area (Å²) in [5.41, 5.74) is 5.88. The summed E-state index contributed by atoms with van der Waals surface area (Å²) >= 11 is 0. The molecule has 1 saturated heterocycles. The summed E-state index contributed by atoms with van der Waals surface area (Å²) in [6.07, 6.45) is 1.91. The second-order valence-corrected chi connectivity index (χ2v) is 2.92. The predicted octanol–water partition coefficient (Wildman–Crippen LogP) is 0.764. The van der Waals surface area contributed by atoms with Crippen LogP contribution in [0.15, 0.2) is 0 Å². The summed E-state index contributed by atoms with van der Waals surface area (Å²) in [7, 11) is 0. The van der Waals surface area contributed by atoms with Gasteiger partial charge in [-0.15, -0.1) is 11.8 Å². The van der Waals surface area contributed by atoms with Crippen LogP contribution in [0.2, 0.25) is 0 Å².